The first-order valence-corrected chi connectivity index (χ1v) is 8.31. The second-order valence-electron chi connectivity index (χ2n) is 4.78. The molecule has 0 amide bonds. The summed E-state index contributed by atoms with van der Waals surface area (Å²) < 4.78 is 15.7. The maximum Gasteiger partial charge on any atom is 0.237 e. The highest BCUT2D eigenvalue weighted by molar-refractivity contribution is 7.98. The number of H-pyrrole nitrogens is 1. The molecule has 126 valence electrons. The Hall–Kier alpha value is -2.55. The highest BCUT2D eigenvalue weighted by Crippen LogP contribution is 2.32. The first-order valence-electron chi connectivity index (χ1n) is 7.32. The minimum Gasteiger partial charge on any atom is -0.497 e. The van der Waals surface area contributed by atoms with Crippen molar-refractivity contribution in [1.29, 1.82) is 0 Å². The van der Waals surface area contributed by atoms with Crippen LogP contribution in [0.15, 0.2) is 27.9 Å². The van der Waals surface area contributed by atoms with E-state index in [0.717, 1.165) is 12.0 Å². The van der Waals surface area contributed by atoms with Gasteiger partial charge in [0.05, 0.1) is 25.5 Å². The van der Waals surface area contributed by atoms with Gasteiger partial charge in [0, 0.05) is 12.5 Å². The van der Waals surface area contributed by atoms with Crippen LogP contribution in [0.5, 0.6) is 11.5 Å². The quantitative estimate of drug-likeness (QED) is 0.651. The lowest BCUT2D eigenvalue weighted by atomic mass is 10.2. The van der Waals surface area contributed by atoms with Gasteiger partial charge in [0.25, 0.3) is 0 Å². The molecule has 3 aromatic rings. The summed E-state index contributed by atoms with van der Waals surface area (Å²) in [6.45, 7) is 1.98. The SMILES string of the molecule is CCc1noc(CSc2n[nH]c(-c3ccc(OC)cc3OC)n2)n1. The van der Waals surface area contributed by atoms with E-state index in [2.05, 4.69) is 25.3 Å². The molecule has 2 heterocycles. The van der Waals surface area contributed by atoms with E-state index >= 15 is 0 Å². The molecule has 2 aromatic heterocycles. The normalized spacial score (nSPS) is 10.8. The number of rotatable bonds is 7. The molecule has 0 aliphatic carbocycles. The summed E-state index contributed by atoms with van der Waals surface area (Å²) in [6.07, 6.45) is 0.746. The van der Waals surface area contributed by atoms with Gasteiger partial charge in [0.2, 0.25) is 11.0 Å². The number of hydrogen-bond donors (Lipinski definition) is 1. The largest absolute Gasteiger partial charge is 0.497 e. The molecule has 0 saturated heterocycles. The van der Waals surface area contributed by atoms with Crippen molar-refractivity contribution in [2.24, 2.45) is 0 Å². The van der Waals surface area contributed by atoms with Crippen molar-refractivity contribution in [3.63, 3.8) is 0 Å². The summed E-state index contributed by atoms with van der Waals surface area (Å²) in [6, 6.07) is 5.52. The van der Waals surface area contributed by atoms with Gasteiger partial charge in [-0.15, -0.1) is 5.10 Å². The molecule has 0 spiro atoms. The van der Waals surface area contributed by atoms with Crippen LogP contribution in [0, 0.1) is 0 Å². The molecule has 0 radical (unpaired) electrons. The molecule has 0 aliphatic rings. The van der Waals surface area contributed by atoms with Crippen molar-refractivity contribution in [1.82, 2.24) is 25.3 Å². The highest BCUT2D eigenvalue weighted by atomic mass is 32.2. The summed E-state index contributed by atoms with van der Waals surface area (Å²) >= 11 is 1.42. The zero-order valence-corrected chi connectivity index (χ0v) is 14.4. The van der Waals surface area contributed by atoms with E-state index in [1.165, 1.54) is 11.8 Å². The molecule has 0 saturated carbocycles. The van der Waals surface area contributed by atoms with Gasteiger partial charge in [-0.05, 0) is 12.1 Å². The highest BCUT2D eigenvalue weighted by Gasteiger charge is 2.13. The third-order valence-electron chi connectivity index (χ3n) is 3.28. The van der Waals surface area contributed by atoms with Crippen LogP contribution < -0.4 is 9.47 Å². The Morgan fingerprint density at radius 1 is 1.21 bits per heavy atom. The van der Waals surface area contributed by atoms with E-state index in [9.17, 15) is 0 Å². The molecule has 0 fully saturated rings. The first kappa shape index (κ1) is 16.3. The summed E-state index contributed by atoms with van der Waals surface area (Å²) in [5, 5.41) is 11.6. The number of thioether (sulfide) groups is 1. The summed E-state index contributed by atoms with van der Waals surface area (Å²) in [4.78, 5) is 8.73. The second-order valence-corrected chi connectivity index (χ2v) is 5.72. The van der Waals surface area contributed by atoms with Gasteiger partial charge in [-0.1, -0.05) is 23.8 Å². The molecule has 3 rings (SSSR count). The van der Waals surface area contributed by atoms with Gasteiger partial charge in [0.1, 0.15) is 11.5 Å². The molecule has 9 heteroatoms. The number of nitrogens with zero attached hydrogens (tertiary/aromatic N) is 4. The van der Waals surface area contributed by atoms with E-state index in [4.69, 9.17) is 14.0 Å². The summed E-state index contributed by atoms with van der Waals surface area (Å²) in [5.74, 6) is 3.77. The monoisotopic (exact) mass is 347 g/mol. The molecule has 0 aliphatic heterocycles. The molecular formula is C15H17N5O3S. The van der Waals surface area contributed by atoms with Gasteiger partial charge in [-0.25, -0.2) is 4.98 Å². The van der Waals surface area contributed by atoms with Gasteiger partial charge >= 0.3 is 0 Å². The smallest absolute Gasteiger partial charge is 0.237 e. The fraction of sp³-hybridized carbons (Fsp3) is 0.333. The van der Waals surface area contributed by atoms with Gasteiger partial charge in [-0.3, -0.25) is 5.10 Å². The third-order valence-corrected chi connectivity index (χ3v) is 4.11. The van der Waals surface area contributed by atoms with Crippen molar-refractivity contribution in [3.8, 4) is 22.9 Å². The first-order chi connectivity index (χ1) is 11.7. The van der Waals surface area contributed by atoms with E-state index in [-0.39, 0.29) is 0 Å². The molecule has 0 unspecified atom stereocenters. The fourth-order valence-corrected chi connectivity index (χ4v) is 2.68. The number of ether oxygens (including phenoxy) is 2. The van der Waals surface area contributed by atoms with Crippen LogP contribution in [0.4, 0.5) is 0 Å². The molecular weight excluding hydrogens is 330 g/mol. The van der Waals surface area contributed by atoms with E-state index in [1.54, 1.807) is 20.3 Å². The molecule has 1 N–H and O–H groups in total. The third kappa shape index (κ3) is 3.51. The van der Waals surface area contributed by atoms with Gasteiger partial charge in [-0.2, -0.15) is 4.98 Å². The van der Waals surface area contributed by atoms with Crippen LogP contribution in [0.25, 0.3) is 11.4 Å². The van der Waals surface area contributed by atoms with Crippen LogP contribution in [0.2, 0.25) is 0 Å². The van der Waals surface area contributed by atoms with E-state index in [1.807, 2.05) is 19.1 Å². The number of aromatic amines is 1. The van der Waals surface area contributed by atoms with Crippen molar-refractivity contribution >= 4 is 11.8 Å². The second kappa shape index (κ2) is 7.35. The number of methoxy groups -OCH3 is 2. The molecule has 1 aromatic carbocycles. The van der Waals surface area contributed by atoms with Crippen LogP contribution in [-0.2, 0) is 12.2 Å². The lowest BCUT2D eigenvalue weighted by molar-refractivity contribution is 0.385. The zero-order valence-electron chi connectivity index (χ0n) is 13.6. The molecule has 0 atom stereocenters. The number of benzene rings is 1. The van der Waals surface area contributed by atoms with E-state index in [0.29, 0.717) is 39.9 Å². The topological polar surface area (TPSA) is 99.0 Å². The van der Waals surface area contributed by atoms with Crippen LogP contribution in [-0.4, -0.2) is 39.5 Å². The Kier molecular flexibility index (Phi) is 4.99. The summed E-state index contributed by atoms with van der Waals surface area (Å²) in [5.41, 5.74) is 0.809. The fourth-order valence-electron chi connectivity index (χ4n) is 2.04. The Morgan fingerprint density at radius 3 is 2.79 bits per heavy atom. The van der Waals surface area contributed by atoms with Crippen LogP contribution in [0.1, 0.15) is 18.6 Å². The maximum absolute atomic E-state index is 5.39. The Morgan fingerprint density at radius 2 is 2.08 bits per heavy atom. The molecule has 24 heavy (non-hydrogen) atoms. The predicted molar refractivity (Wildman–Crippen MR) is 88.2 cm³/mol. The van der Waals surface area contributed by atoms with Crippen LogP contribution in [0.3, 0.4) is 0 Å². The average molecular weight is 347 g/mol. The lowest BCUT2D eigenvalue weighted by Crippen LogP contribution is -1.91. The van der Waals surface area contributed by atoms with Gasteiger partial charge < -0.3 is 14.0 Å². The standard InChI is InChI=1S/C15H17N5O3S/c1-4-12-16-13(23-20-12)8-24-15-17-14(18-19-15)10-6-5-9(21-2)7-11(10)22-3/h5-7H,4,8H2,1-3H3,(H,17,18,19). The van der Waals surface area contributed by atoms with Crippen LogP contribution >= 0.6 is 11.8 Å². The lowest BCUT2D eigenvalue weighted by Gasteiger charge is -2.07. The van der Waals surface area contributed by atoms with Gasteiger partial charge in [0.15, 0.2) is 11.6 Å². The number of aryl methyl sites for hydroxylation is 1. The minimum atomic E-state index is 0.518. The minimum absolute atomic E-state index is 0.518. The van der Waals surface area contributed by atoms with Crippen molar-refractivity contribution in [2.75, 3.05) is 14.2 Å². The molecule has 0 bridgehead atoms. The maximum atomic E-state index is 5.39. The molecule has 8 nitrogen and oxygen atoms in total. The predicted octanol–water partition coefficient (Wildman–Crippen LogP) is 2.73. The number of hydrogen-bond acceptors (Lipinski definition) is 8. The Labute approximate surface area is 143 Å². The Balaban J connectivity index is 1.73. The average Bonchev–Trinajstić information content (AvgIpc) is 3.28. The van der Waals surface area contributed by atoms with Crippen molar-refractivity contribution in [3.05, 3.63) is 29.9 Å². The summed E-state index contributed by atoms with van der Waals surface area (Å²) in [7, 11) is 3.21. The zero-order chi connectivity index (χ0) is 16.9. The van der Waals surface area contributed by atoms with Crippen molar-refractivity contribution < 1.29 is 14.0 Å². The number of nitrogens with one attached hydrogen (secondary N) is 1. The Bertz CT molecular complexity index is 817. The number of aromatic nitrogens is 5. The van der Waals surface area contributed by atoms with E-state index < -0.39 is 0 Å². The van der Waals surface area contributed by atoms with Crippen molar-refractivity contribution in [2.45, 2.75) is 24.3 Å².